The van der Waals surface area contributed by atoms with E-state index in [0.717, 1.165) is 4.68 Å². The molecule has 3 rings (SSSR count). The van der Waals surface area contributed by atoms with Crippen molar-refractivity contribution in [2.45, 2.75) is 12.6 Å². The van der Waals surface area contributed by atoms with E-state index in [4.69, 9.17) is 23.2 Å². The molecule has 0 aliphatic rings. The lowest BCUT2D eigenvalue weighted by Gasteiger charge is -2.12. The molecule has 146 valence electrons. The van der Waals surface area contributed by atoms with Crippen molar-refractivity contribution >= 4 is 34.8 Å². The summed E-state index contributed by atoms with van der Waals surface area (Å²) in [4.78, 5) is 12.4. The van der Waals surface area contributed by atoms with Gasteiger partial charge < -0.3 is 5.32 Å². The van der Waals surface area contributed by atoms with Crippen molar-refractivity contribution in [1.82, 2.24) is 9.78 Å². The third-order valence-electron chi connectivity index (χ3n) is 3.96. The van der Waals surface area contributed by atoms with Crippen LogP contribution in [0, 0.1) is 0 Å². The number of nitrogens with one attached hydrogen (secondary N) is 1. The molecule has 1 heterocycles. The number of rotatable bonds is 4. The van der Waals surface area contributed by atoms with Crippen LogP contribution in [0.3, 0.4) is 0 Å². The Morgan fingerprint density at radius 3 is 2.54 bits per heavy atom. The average Bonchev–Trinajstić information content (AvgIpc) is 2.98. The minimum atomic E-state index is -4.63. The predicted molar refractivity (Wildman–Crippen MR) is 102 cm³/mol. The van der Waals surface area contributed by atoms with Crippen molar-refractivity contribution < 1.29 is 18.0 Å². The van der Waals surface area contributed by atoms with Gasteiger partial charge in [-0.2, -0.15) is 18.3 Å². The number of carbonyl (C=O) groups is 1. The number of hydrogen-bond donors (Lipinski definition) is 1. The van der Waals surface area contributed by atoms with Gasteiger partial charge in [0.2, 0.25) is 5.91 Å². The summed E-state index contributed by atoms with van der Waals surface area (Å²) >= 11 is 12.0. The molecule has 4 nitrogen and oxygen atoms in total. The van der Waals surface area contributed by atoms with E-state index >= 15 is 0 Å². The normalized spacial score (nSPS) is 11.5. The molecule has 1 N–H and O–H groups in total. The summed E-state index contributed by atoms with van der Waals surface area (Å²) in [7, 11) is 1.37. The van der Waals surface area contributed by atoms with Crippen LogP contribution in [-0.4, -0.2) is 15.7 Å². The molecule has 0 atom stereocenters. The lowest BCUT2D eigenvalue weighted by molar-refractivity contribution is -0.142. The highest BCUT2D eigenvalue weighted by molar-refractivity contribution is 6.42. The second-order valence-electron chi connectivity index (χ2n) is 6.07. The molecular weight excluding hydrogens is 414 g/mol. The average molecular weight is 428 g/mol. The maximum Gasteiger partial charge on any atom is 0.435 e. The van der Waals surface area contributed by atoms with Crippen molar-refractivity contribution in [3.8, 4) is 11.1 Å². The van der Waals surface area contributed by atoms with E-state index in [2.05, 4.69) is 10.4 Å². The highest BCUT2D eigenvalue weighted by atomic mass is 35.5. The summed E-state index contributed by atoms with van der Waals surface area (Å²) in [6.45, 7) is 0. The quantitative estimate of drug-likeness (QED) is 0.589. The molecule has 0 aliphatic carbocycles. The Morgan fingerprint density at radius 2 is 1.86 bits per heavy atom. The molecule has 0 unspecified atom stereocenters. The lowest BCUT2D eigenvalue weighted by Crippen LogP contribution is -2.17. The molecule has 0 fully saturated rings. The smallest absolute Gasteiger partial charge is 0.325 e. The highest BCUT2D eigenvalue weighted by Crippen LogP contribution is 2.33. The van der Waals surface area contributed by atoms with Crippen molar-refractivity contribution in [3.63, 3.8) is 0 Å². The SMILES string of the molecule is Cn1cc(CC(=O)Nc2ccccc2-c2ccc(Cl)c(Cl)c2)c(C(F)(F)F)n1. The molecule has 9 heteroatoms. The van der Waals surface area contributed by atoms with Crippen LogP contribution in [0.1, 0.15) is 11.3 Å². The van der Waals surface area contributed by atoms with E-state index < -0.39 is 24.2 Å². The molecule has 2 aromatic carbocycles. The van der Waals surface area contributed by atoms with Gasteiger partial charge in [-0.1, -0.05) is 47.5 Å². The van der Waals surface area contributed by atoms with Crippen molar-refractivity contribution in [2.24, 2.45) is 7.05 Å². The first-order chi connectivity index (χ1) is 13.1. The first-order valence-corrected chi connectivity index (χ1v) is 8.85. The molecule has 0 saturated heterocycles. The number of aromatic nitrogens is 2. The molecule has 0 bridgehead atoms. The summed E-state index contributed by atoms with van der Waals surface area (Å²) in [5, 5.41) is 6.81. The summed E-state index contributed by atoms with van der Waals surface area (Å²) in [5.74, 6) is -0.592. The van der Waals surface area contributed by atoms with Crippen LogP contribution in [0.4, 0.5) is 18.9 Å². The Balaban J connectivity index is 1.85. The topological polar surface area (TPSA) is 46.9 Å². The fraction of sp³-hybridized carbons (Fsp3) is 0.158. The van der Waals surface area contributed by atoms with E-state index in [1.807, 2.05) is 0 Å². The molecule has 0 aliphatic heterocycles. The Kier molecular flexibility index (Phi) is 5.67. The van der Waals surface area contributed by atoms with Crippen LogP contribution >= 0.6 is 23.2 Å². The van der Waals surface area contributed by atoms with Crippen LogP contribution in [0.25, 0.3) is 11.1 Å². The summed E-state index contributed by atoms with van der Waals surface area (Å²) in [6.07, 6.45) is -3.90. The summed E-state index contributed by atoms with van der Waals surface area (Å²) in [5.41, 5.74) is 0.560. The van der Waals surface area contributed by atoms with Gasteiger partial charge in [-0.25, -0.2) is 0 Å². The number of carbonyl (C=O) groups excluding carboxylic acids is 1. The van der Waals surface area contributed by atoms with Gasteiger partial charge in [0, 0.05) is 30.1 Å². The van der Waals surface area contributed by atoms with Gasteiger partial charge in [0.15, 0.2) is 5.69 Å². The molecule has 28 heavy (non-hydrogen) atoms. The van der Waals surface area contributed by atoms with Crippen molar-refractivity contribution in [3.05, 3.63) is 70.0 Å². The predicted octanol–water partition coefficient (Wildman–Crippen LogP) is 5.59. The van der Waals surface area contributed by atoms with E-state index in [9.17, 15) is 18.0 Å². The highest BCUT2D eigenvalue weighted by Gasteiger charge is 2.37. The minimum absolute atomic E-state index is 0.195. The maximum absolute atomic E-state index is 13.1. The van der Waals surface area contributed by atoms with Gasteiger partial charge >= 0.3 is 6.18 Å². The van der Waals surface area contributed by atoms with Gasteiger partial charge in [0.1, 0.15) is 0 Å². The fourth-order valence-corrected chi connectivity index (χ4v) is 3.08. The molecule has 0 saturated carbocycles. The van der Waals surface area contributed by atoms with E-state index in [1.165, 1.54) is 13.2 Å². The van der Waals surface area contributed by atoms with Gasteiger partial charge in [-0.3, -0.25) is 9.48 Å². The minimum Gasteiger partial charge on any atom is -0.325 e. The number of para-hydroxylation sites is 1. The zero-order valence-corrected chi connectivity index (χ0v) is 16.0. The Morgan fingerprint density at radius 1 is 1.14 bits per heavy atom. The second kappa shape index (κ2) is 7.85. The second-order valence-corrected chi connectivity index (χ2v) is 6.89. The van der Waals surface area contributed by atoms with Crippen LogP contribution < -0.4 is 5.32 Å². The molecule has 1 aromatic heterocycles. The number of hydrogen-bond acceptors (Lipinski definition) is 2. The van der Waals surface area contributed by atoms with Crippen LogP contribution in [0.2, 0.25) is 10.0 Å². The number of aryl methyl sites for hydroxylation is 1. The number of benzene rings is 2. The Bertz CT molecular complexity index is 1030. The summed E-state index contributed by atoms with van der Waals surface area (Å²) < 4.78 is 40.2. The Labute approximate surface area is 168 Å². The van der Waals surface area contributed by atoms with Crippen molar-refractivity contribution in [2.75, 3.05) is 5.32 Å². The van der Waals surface area contributed by atoms with Crippen molar-refractivity contribution in [1.29, 1.82) is 0 Å². The van der Waals surface area contributed by atoms with Gasteiger partial charge in [-0.05, 0) is 23.8 Å². The van der Waals surface area contributed by atoms with Crippen LogP contribution in [0.15, 0.2) is 48.7 Å². The lowest BCUT2D eigenvalue weighted by atomic mass is 10.0. The number of amides is 1. The van der Waals surface area contributed by atoms with Crippen LogP contribution in [-0.2, 0) is 24.4 Å². The van der Waals surface area contributed by atoms with E-state index in [0.29, 0.717) is 26.9 Å². The summed E-state index contributed by atoms with van der Waals surface area (Å²) in [6, 6.07) is 11.9. The zero-order chi connectivity index (χ0) is 20.5. The molecular formula is C19H14Cl2F3N3O. The van der Waals surface area contributed by atoms with Gasteiger partial charge in [-0.15, -0.1) is 0 Å². The van der Waals surface area contributed by atoms with Gasteiger partial charge in [0.25, 0.3) is 0 Å². The number of nitrogens with zero attached hydrogens (tertiary/aromatic N) is 2. The third-order valence-corrected chi connectivity index (χ3v) is 4.69. The molecule has 0 radical (unpaired) electrons. The van der Waals surface area contributed by atoms with E-state index in [-0.39, 0.29) is 5.56 Å². The third kappa shape index (κ3) is 4.48. The number of anilines is 1. The van der Waals surface area contributed by atoms with Gasteiger partial charge in [0.05, 0.1) is 16.5 Å². The number of alkyl halides is 3. The largest absolute Gasteiger partial charge is 0.435 e. The van der Waals surface area contributed by atoms with E-state index in [1.54, 1.807) is 42.5 Å². The first-order valence-electron chi connectivity index (χ1n) is 8.09. The molecule has 3 aromatic rings. The Hall–Kier alpha value is -2.51. The fourth-order valence-electron chi connectivity index (χ4n) is 2.78. The van der Waals surface area contributed by atoms with Crippen LogP contribution in [0.5, 0.6) is 0 Å². The monoisotopic (exact) mass is 427 g/mol. The maximum atomic E-state index is 13.1. The molecule has 1 amide bonds. The first kappa shape index (κ1) is 20.2. The standard InChI is InChI=1S/C19H14Cl2F3N3O/c1-27-10-12(18(26-27)19(22,23)24)9-17(28)25-16-5-3-2-4-13(16)11-6-7-14(20)15(21)8-11/h2-8,10H,9H2,1H3,(H,25,28). The number of halogens is 5. The zero-order valence-electron chi connectivity index (χ0n) is 14.5. The molecule has 0 spiro atoms.